The molecule has 7 heteroatoms. The molecule has 1 aromatic heterocycles. The van der Waals surface area contributed by atoms with Gasteiger partial charge in [-0.25, -0.2) is 18.4 Å². The van der Waals surface area contributed by atoms with Gasteiger partial charge in [-0.2, -0.15) is 0 Å². The van der Waals surface area contributed by atoms with Crippen LogP contribution in [0.3, 0.4) is 0 Å². The van der Waals surface area contributed by atoms with Crippen LogP contribution in [-0.4, -0.2) is 35.7 Å². The van der Waals surface area contributed by atoms with E-state index in [4.69, 9.17) is 5.11 Å². The summed E-state index contributed by atoms with van der Waals surface area (Å²) in [5, 5.41) is 8.18. The molecule has 0 bridgehead atoms. The number of aliphatic carboxylic acids is 1. The minimum absolute atomic E-state index is 0.259. The Morgan fingerprint density at radius 3 is 2.00 bits per heavy atom. The van der Waals surface area contributed by atoms with E-state index in [1.54, 1.807) is 27.7 Å². The van der Waals surface area contributed by atoms with E-state index in [9.17, 15) is 13.2 Å². The maximum absolute atomic E-state index is 11.5. The fourth-order valence-corrected chi connectivity index (χ4v) is 2.32. The summed E-state index contributed by atoms with van der Waals surface area (Å²) in [7, 11) is -3.26. The largest absolute Gasteiger partial charge is 0.481 e. The average Bonchev–Trinajstić information content (AvgIpc) is 2.30. The molecular weight excluding hydrogens is 280 g/mol. The molecule has 0 spiro atoms. The van der Waals surface area contributed by atoms with Gasteiger partial charge in [0.25, 0.3) is 0 Å². The molecular formula is C13H20N2O4S. The molecule has 0 aliphatic heterocycles. The first-order valence-corrected chi connectivity index (χ1v) is 8.25. The third-order valence-corrected chi connectivity index (χ3v) is 4.87. The van der Waals surface area contributed by atoms with Crippen molar-refractivity contribution >= 4 is 15.8 Å². The van der Waals surface area contributed by atoms with E-state index in [-0.39, 0.29) is 5.82 Å². The molecule has 0 saturated carbocycles. The second kappa shape index (κ2) is 5.87. The molecule has 1 aromatic rings. The van der Waals surface area contributed by atoms with Crippen LogP contribution in [0.15, 0.2) is 0 Å². The van der Waals surface area contributed by atoms with Crippen LogP contribution in [-0.2, 0) is 21.1 Å². The fourth-order valence-electron chi connectivity index (χ4n) is 1.83. The van der Waals surface area contributed by atoms with Crippen LogP contribution in [0.2, 0.25) is 0 Å². The maximum atomic E-state index is 11.5. The highest BCUT2D eigenvalue weighted by molar-refractivity contribution is 7.90. The van der Waals surface area contributed by atoms with Crippen LogP contribution in [0.1, 0.15) is 41.9 Å². The van der Waals surface area contributed by atoms with E-state index >= 15 is 0 Å². The average molecular weight is 300 g/mol. The summed E-state index contributed by atoms with van der Waals surface area (Å²) in [5.41, 5.74) is 2.04. The van der Waals surface area contributed by atoms with Crippen LogP contribution in [0.5, 0.6) is 0 Å². The number of sulfone groups is 1. The summed E-state index contributed by atoms with van der Waals surface area (Å²) in [4.78, 5) is 19.4. The van der Waals surface area contributed by atoms with Crippen molar-refractivity contribution in [2.75, 3.05) is 6.26 Å². The Kier molecular flexibility index (Phi) is 4.86. The van der Waals surface area contributed by atoms with Crippen molar-refractivity contribution in [3.05, 3.63) is 22.8 Å². The Labute approximate surface area is 119 Å². The molecule has 0 amide bonds. The highest BCUT2D eigenvalue weighted by atomic mass is 32.2. The van der Waals surface area contributed by atoms with Crippen molar-refractivity contribution in [2.45, 2.75) is 39.4 Å². The maximum Gasteiger partial charge on any atom is 0.306 e. The van der Waals surface area contributed by atoms with Crippen molar-refractivity contribution < 1.29 is 18.3 Å². The standard InChI is InChI=1S/C13H20N2O4S/c1-7(13(16)17)6-11-8(2)14-12(15-9(11)3)10(4)20(5,18)19/h7,10H,6H2,1-5H3,(H,16,17). The van der Waals surface area contributed by atoms with Gasteiger partial charge in [-0.15, -0.1) is 0 Å². The van der Waals surface area contributed by atoms with Crippen molar-refractivity contribution in [1.82, 2.24) is 9.97 Å². The van der Waals surface area contributed by atoms with Gasteiger partial charge < -0.3 is 5.11 Å². The number of carboxylic acids is 1. The lowest BCUT2D eigenvalue weighted by Crippen LogP contribution is -2.18. The molecule has 0 aliphatic rings. The predicted molar refractivity (Wildman–Crippen MR) is 75.3 cm³/mol. The van der Waals surface area contributed by atoms with Gasteiger partial charge in [-0.05, 0) is 32.8 Å². The van der Waals surface area contributed by atoms with Gasteiger partial charge >= 0.3 is 5.97 Å². The molecule has 1 N–H and O–H groups in total. The molecule has 112 valence electrons. The van der Waals surface area contributed by atoms with Crippen LogP contribution >= 0.6 is 0 Å². The molecule has 2 atom stereocenters. The predicted octanol–water partition coefficient (Wildman–Crippen LogP) is 1.46. The Hall–Kier alpha value is -1.50. The third-order valence-electron chi connectivity index (χ3n) is 3.38. The fraction of sp³-hybridized carbons (Fsp3) is 0.615. The van der Waals surface area contributed by atoms with E-state index in [1.807, 2.05) is 0 Å². The van der Waals surface area contributed by atoms with Crippen molar-refractivity contribution in [1.29, 1.82) is 0 Å². The molecule has 2 unspecified atom stereocenters. The molecule has 0 saturated heterocycles. The van der Waals surface area contributed by atoms with Gasteiger partial charge in [0.1, 0.15) is 11.1 Å². The zero-order valence-corrected chi connectivity index (χ0v) is 13.2. The zero-order valence-electron chi connectivity index (χ0n) is 12.3. The minimum atomic E-state index is -3.26. The molecule has 20 heavy (non-hydrogen) atoms. The Balaban J connectivity index is 3.19. The first-order valence-electron chi connectivity index (χ1n) is 6.29. The molecule has 6 nitrogen and oxygen atoms in total. The molecule has 0 radical (unpaired) electrons. The van der Waals surface area contributed by atoms with Gasteiger partial charge in [0, 0.05) is 17.6 Å². The Morgan fingerprint density at radius 2 is 1.65 bits per heavy atom. The van der Waals surface area contributed by atoms with Crippen molar-refractivity contribution in [3.63, 3.8) is 0 Å². The van der Waals surface area contributed by atoms with E-state index in [1.165, 1.54) is 0 Å². The second-order valence-electron chi connectivity index (χ2n) is 5.15. The molecule has 1 rings (SSSR count). The highest BCUT2D eigenvalue weighted by Gasteiger charge is 2.23. The molecule has 0 aliphatic carbocycles. The number of aryl methyl sites for hydroxylation is 2. The lowest BCUT2D eigenvalue weighted by molar-refractivity contribution is -0.141. The summed E-state index contributed by atoms with van der Waals surface area (Å²) in [5.74, 6) is -1.15. The smallest absolute Gasteiger partial charge is 0.306 e. The number of carbonyl (C=O) groups is 1. The number of carboxylic acid groups (broad SMARTS) is 1. The number of nitrogens with zero attached hydrogens (tertiary/aromatic N) is 2. The van der Waals surface area contributed by atoms with Crippen LogP contribution in [0.25, 0.3) is 0 Å². The third kappa shape index (κ3) is 3.75. The Morgan fingerprint density at radius 1 is 1.20 bits per heavy atom. The SMILES string of the molecule is Cc1nc(C(C)S(C)(=O)=O)nc(C)c1CC(C)C(=O)O. The van der Waals surface area contributed by atoms with Gasteiger partial charge in [0.15, 0.2) is 9.84 Å². The lowest BCUT2D eigenvalue weighted by Gasteiger charge is -2.15. The molecule has 0 fully saturated rings. The topological polar surface area (TPSA) is 97.2 Å². The Bertz CT molecular complexity index is 602. The summed E-state index contributed by atoms with van der Waals surface area (Å²) in [6.45, 7) is 6.66. The number of hydrogen-bond acceptors (Lipinski definition) is 5. The van der Waals surface area contributed by atoms with Crippen LogP contribution < -0.4 is 0 Å². The van der Waals surface area contributed by atoms with Gasteiger partial charge in [0.05, 0.1) is 5.92 Å². The van der Waals surface area contributed by atoms with Crippen LogP contribution in [0.4, 0.5) is 0 Å². The second-order valence-corrected chi connectivity index (χ2v) is 7.51. The quantitative estimate of drug-likeness (QED) is 0.884. The molecule has 1 heterocycles. The summed E-state index contributed by atoms with van der Waals surface area (Å²) in [6.07, 6.45) is 1.48. The van der Waals surface area contributed by atoms with Gasteiger partial charge in [-0.1, -0.05) is 6.92 Å². The van der Waals surface area contributed by atoms with E-state index in [0.29, 0.717) is 17.8 Å². The van der Waals surface area contributed by atoms with E-state index in [0.717, 1.165) is 11.8 Å². The first-order chi connectivity index (χ1) is 9.04. The van der Waals surface area contributed by atoms with Crippen molar-refractivity contribution in [2.24, 2.45) is 5.92 Å². The number of aromatic nitrogens is 2. The first kappa shape index (κ1) is 16.6. The van der Waals surface area contributed by atoms with E-state index < -0.39 is 27.0 Å². The van der Waals surface area contributed by atoms with Gasteiger partial charge in [-0.3, -0.25) is 4.79 Å². The highest BCUT2D eigenvalue weighted by Crippen LogP contribution is 2.21. The normalized spacial score (nSPS) is 14.8. The summed E-state index contributed by atoms with van der Waals surface area (Å²) >= 11 is 0. The van der Waals surface area contributed by atoms with Gasteiger partial charge in [0.2, 0.25) is 0 Å². The lowest BCUT2D eigenvalue weighted by atomic mass is 9.99. The monoisotopic (exact) mass is 300 g/mol. The minimum Gasteiger partial charge on any atom is -0.481 e. The van der Waals surface area contributed by atoms with E-state index in [2.05, 4.69) is 9.97 Å². The number of rotatable bonds is 5. The molecule has 0 aromatic carbocycles. The van der Waals surface area contributed by atoms with Crippen LogP contribution in [0, 0.1) is 19.8 Å². The summed E-state index contributed by atoms with van der Waals surface area (Å²) in [6, 6.07) is 0. The zero-order chi connectivity index (χ0) is 15.7. The summed E-state index contributed by atoms with van der Waals surface area (Å²) < 4.78 is 23.1. The number of hydrogen-bond donors (Lipinski definition) is 1. The van der Waals surface area contributed by atoms with Crippen molar-refractivity contribution in [3.8, 4) is 0 Å².